The number of amides is 2. The highest BCUT2D eigenvalue weighted by atomic mass is 16.4. The number of urea groups is 1. The van der Waals surface area contributed by atoms with Gasteiger partial charge in [0.05, 0.1) is 12.5 Å². The maximum Gasteiger partial charge on any atom is 0.317 e. The molecule has 114 valence electrons. The Kier molecular flexibility index (Phi) is 9.18. The number of carbonyl (C=O) groups excluding carboxylic acids is 1. The highest BCUT2D eigenvalue weighted by Crippen LogP contribution is 2.14. The van der Waals surface area contributed by atoms with Gasteiger partial charge in [0, 0.05) is 26.1 Å². The predicted octanol–water partition coefficient (Wildman–Crippen LogP) is 2.07. The summed E-state index contributed by atoms with van der Waals surface area (Å²) in [7, 11) is 0. The molecule has 0 unspecified atom stereocenters. The lowest BCUT2D eigenvalue weighted by atomic mass is 9.94. The van der Waals surface area contributed by atoms with Crippen LogP contribution in [0.3, 0.4) is 0 Å². The Bertz CT molecular complexity index is 350. The summed E-state index contributed by atoms with van der Waals surface area (Å²) in [6, 6.07) is 1.77. The molecule has 2 amide bonds. The van der Waals surface area contributed by atoms with Crippen molar-refractivity contribution in [1.29, 1.82) is 5.26 Å². The van der Waals surface area contributed by atoms with Gasteiger partial charge in [0.1, 0.15) is 0 Å². The SMILES string of the molecule is CCN(CCC#N)C(=O)NC[C@H](CC(=O)O)CC(C)C. The third kappa shape index (κ3) is 8.35. The zero-order chi connectivity index (χ0) is 15.5. The Morgan fingerprint density at radius 3 is 2.50 bits per heavy atom. The molecule has 0 rings (SSSR count). The Hall–Kier alpha value is -1.77. The number of carboxylic acids is 1. The van der Waals surface area contributed by atoms with Crippen LogP contribution in [0.4, 0.5) is 4.79 Å². The van der Waals surface area contributed by atoms with E-state index in [-0.39, 0.29) is 18.4 Å². The molecule has 1 atom stereocenters. The van der Waals surface area contributed by atoms with Gasteiger partial charge in [-0.1, -0.05) is 13.8 Å². The summed E-state index contributed by atoms with van der Waals surface area (Å²) in [6.45, 7) is 7.18. The molecule has 0 aliphatic carbocycles. The summed E-state index contributed by atoms with van der Waals surface area (Å²) in [6.07, 6.45) is 1.12. The first-order chi connectivity index (χ1) is 9.40. The molecule has 0 bridgehead atoms. The summed E-state index contributed by atoms with van der Waals surface area (Å²) >= 11 is 0. The smallest absolute Gasteiger partial charge is 0.317 e. The number of carboxylic acid groups (broad SMARTS) is 1. The van der Waals surface area contributed by atoms with Crippen LogP contribution >= 0.6 is 0 Å². The summed E-state index contributed by atoms with van der Waals surface area (Å²) in [5.41, 5.74) is 0. The van der Waals surface area contributed by atoms with Crippen molar-refractivity contribution in [3.63, 3.8) is 0 Å². The minimum absolute atomic E-state index is 0.0583. The van der Waals surface area contributed by atoms with Crippen molar-refractivity contribution in [2.75, 3.05) is 19.6 Å². The fourth-order valence-electron chi connectivity index (χ4n) is 2.08. The average Bonchev–Trinajstić information content (AvgIpc) is 2.35. The van der Waals surface area contributed by atoms with Gasteiger partial charge < -0.3 is 15.3 Å². The van der Waals surface area contributed by atoms with E-state index in [4.69, 9.17) is 10.4 Å². The van der Waals surface area contributed by atoms with Crippen LogP contribution < -0.4 is 5.32 Å². The number of rotatable bonds is 9. The van der Waals surface area contributed by atoms with Gasteiger partial charge in [0.15, 0.2) is 0 Å². The second kappa shape index (κ2) is 10.1. The molecule has 20 heavy (non-hydrogen) atoms. The second-order valence-corrected chi connectivity index (χ2v) is 5.27. The van der Waals surface area contributed by atoms with E-state index in [1.54, 1.807) is 4.90 Å². The van der Waals surface area contributed by atoms with Crippen molar-refractivity contribution in [3.8, 4) is 6.07 Å². The van der Waals surface area contributed by atoms with E-state index in [0.29, 0.717) is 32.0 Å². The molecule has 0 aliphatic heterocycles. The van der Waals surface area contributed by atoms with Crippen LogP contribution in [0.2, 0.25) is 0 Å². The molecule has 0 fully saturated rings. The quantitative estimate of drug-likeness (QED) is 0.677. The van der Waals surface area contributed by atoms with Gasteiger partial charge in [-0.15, -0.1) is 0 Å². The molecule has 0 aromatic carbocycles. The normalized spacial score (nSPS) is 11.8. The fourth-order valence-corrected chi connectivity index (χ4v) is 2.08. The van der Waals surface area contributed by atoms with E-state index in [1.807, 2.05) is 26.8 Å². The first-order valence-electron chi connectivity index (χ1n) is 7.02. The van der Waals surface area contributed by atoms with Gasteiger partial charge in [-0.2, -0.15) is 5.26 Å². The van der Waals surface area contributed by atoms with Crippen molar-refractivity contribution < 1.29 is 14.7 Å². The first kappa shape index (κ1) is 18.2. The van der Waals surface area contributed by atoms with Crippen molar-refractivity contribution in [2.24, 2.45) is 11.8 Å². The van der Waals surface area contributed by atoms with Crippen molar-refractivity contribution in [1.82, 2.24) is 10.2 Å². The van der Waals surface area contributed by atoms with E-state index in [0.717, 1.165) is 6.42 Å². The van der Waals surface area contributed by atoms with Crippen LogP contribution in [0.15, 0.2) is 0 Å². The summed E-state index contributed by atoms with van der Waals surface area (Å²) in [4.78, 5) is 24.3. The molecule has 6 nitrogen and oxygen atoms in total. The van der Waals surface area contributed by atoms with Crippen LogP contribution in [0.1, 0.15) is 40.0 Å². The van der Waals surface area contributed by atoms with Gasteiger partial charge in [-0.25, -0.2) is 4.79 Å². The molecule has 0 radical (unpaired) electrons. The molecule has 0 heterocycles. The maximum absolute atomic E-state index is 11.9. The lowest BCUT2D eigenvalue weighted by molar-refractivity contribution is -0.138. The standard InChI is InChI=1S/C14H25N3O3/c1-4-17(7-5-6-15)14(20)16-10-12(8-11(2)3)9-13(18)19/h11-12H,4-5,7-10H2,1-3H3,(H,16,20)(H,18,19)/t12-/m0/s1. The monoisotopic (exact) mass is 283 g/mol. The van der Waals surface area contributed by atoms with Crippen LogP contribution in [-0.2, 0) is 4.79 Å². The molecule has 2 N–H and O–H groups in total. The average molecular weight is 283 g/mol. The van der Waals surface area contributed by atoms with Gasteiger partial charge in [0.25, 0.3) is 0 Å². The van der Waals surface area contributed by atoms with E-state index in [1.165, 1.54) is 0 Å². The highest BCUT2D eigenvalue weighted by molar-refractivity contribution is 5.74. The zero-order valence-electron chi connectivity index (χ0n) is 12.6. The molecule has 6 heteroatoms. The van der Waals surface area contributed by atoms with Crippen molar-refractivity contribution in [2.45, 2.75) is 40.0 Å². The zero-order valence-corrected chi connectivity index (χ0v) is 12.6. The number of hydrogen-bond acceptors (Lipinski definition) is 3. The second-order valence-electron chi connectivity index (χ2n) is 5.27. The molecule has 0 aliphatic rings. The van der Waals surface area contributed by atoms with E-state index in [2.05, 4.69) is 5.32 Å². The largest absolute Gasteiger partial charge is 0.481 e. The minimum Gasteiger partial charge on any atom is -0.481 e. The summed E-state index contributed by atoms with van der Waals surface area (Å²) in [5.74, 6) is -0.523. The van der Waals surface area contributed by atoms with E-state index >= 15 is 0 Å². The molecule has 0 spiro atoms. The van der Waals surface area contributed by atoms with Crippen LogP contribution in [0, 0.1) is 23.2 Å². The highest BCUT2D eigenvalue weighted by Gasteiger charge is 2.17. The van der Waals surface area contributed by atoms with Gasteiger partial charge in [0.2, 0.25) is 0 Å². The molecule has 0 saturated heterocycles. The van der Waals surface area contributed by atoms with Gasteiger partial charge in [-0.05, 0) is 25.2 Å². The fraction of sp³-hybridized carbons (Fsp3) is 0.786. The first-order valence-corrected chi connectivity index (χ1v) is 7.02. The van der Waals surface area contributed by atoms with Crippen molar-refractivity contribution >= 4 is 12.0 Å². The predicted molar refractivity (Wildman–Crippen MR) is 76.1 cm³/mol. The maximum atomic E-state index is 11.9. The van der Waals surface area contributed by atoms with Crippen LogP contribution in [0.5, 0.6) is 0 Å². The molecule has 0 aromatic heterocycles. The van der Waals surface area contributed by atoms with E-state index < -0.39 is 5.97 Å². The van der Waals surface area contributed by atoms with Crippen LogP contribution in [0.25, 0.3) is 0 Å². The lowest BCUT2D eigenvalue weighted by Gasteiger charge is -2.23. The number of nitrogens with one attached hydrogen (secondary N) is 1. The number of carbonyl (C=O) groups is 2. The summed E-state index contributed by atoms with van der Waals surface area (Å²) in [5, 5.41) is 20.2. The van der Waals surface area contributed by atoms with Gasteiger partial charge >= 0.3 is 12.0 Å². The lowest BCUT2D eigenvalue weighted by Crippen LogP contribution is -2.42. The number of nitrogens with zero attached hydrogens (tertiary/aromatic N) is 2. The Morgan fingerprint density at radius 2 is 2.05 bits per heavy atom. The minimum atomic E-state index is -0.846. The summed E-state index contributed by atoms with van der Waals surface area (Å²) < 4.78 is 0. The Labute approximate surface area is 120 Å². The topological polar surface area (TPSA) is 93.4 Å². The molecule has 0 aromatic rings. The van der Waals surface area contributed by atoms with Crippen molar-refractivity contribution in [3.05, 3.63) is 0 Å². The molecular weight excluding hydrogens is 258 g/mol. The molecular formula is C14H25N3O3. The van der Waals surface area contributed by atoms with Crippen LogP contribution in [-0.4, -0.2) is 41.6 Å². The third-order valence-corrected chi connectivity index (χ3v) is 2.97. The van der Waals surface area contributed by atoms with Gasteiger partial charge in [-0.3, -0.25) is 4.79 Å². The number of hydrogen-bond donors (Lipinski definition) is 2. The third-order valence-electron chi connectivity index (χ3n) is 2.97. The van der Waals surface area contributed by atoms with E-state index in [9.17, 15) is 9.59 Å². The number of aliphatic carboxylic acids is 1. The molecule has 0 saturated carbocycles. The Morgan fingerprint density at radius 1 is 1.40 bits per heavy atom. The number of nitriles is 1. The Balaban J connectivity index is 4.33.